The largest absolute Gasteiger partial charge is 0.507 e. The summed E-state index contributed by atoms with van der Waals surface area (Å²) in [5, 5.41) is 10.5. The average molecular weight is 539 g/mol. The summed E-state index contributed by atoms with van der Waals surface area (Å²) in [6.45, 7) is 10.4. The number of aromatic nitrogens is 1. The van der Waals surface area contributed by atoms with Gasteiger partial charge in [0.05, 0.1) is 23.3 Å². The number of allylic oxidation sites excluding steroid dienone is 1. The van der Waals surface area contributed by atoms with Gasteiger partial charge in [0.2, 0.25) is 5.91 Å². The number of rotatable bonds is 4. The maximum Gasteiger partial charge on any atom is 0.260 e. The van der Waals surface area contributed by atoms with Gasteiger partial charge in [0, 0.05) is 30.9 Å². The van der Waals surface area contributed by atoms with E-state index in [0.29, 0.717) is 18.7 Å². The quantitative estimate of drug-likeness (QED) is 0.584. The number of carbonyl (C=O) groups excluding carboxylic acids is 2. The maximum absolute atomic E-state index is 15.0. The minimum absolute atomic E-state index is 0.0210. The highest BCUT2D eigenvalue weighted by Crippen LogP contribution is 2.46. The van der Waals surface area contributed by atoms with E-state index >= 15 is 4.39 Å². The number of amides is 2. The first-order chi connectivity index (χ1) is 18.1. The lowest BCUT2D eigenvalue weighted by molar-refractivity contribution is -0.128. The van der Waals surface area contributed by atoms with Crippen molar-refractivity contribution < 1.29 is 23.8 Å². The molecule has 198 valence electrons. The number of ether oxygens (including phenoxy) is 1. The van der Waals surface area contributed by atoms with Crippen LogP contribution < -0.4 is 4.74 Å². The number of aliphatic imine (C=N–C) groups is 1. The van der Waals surface area contributed by atoms with Crippen LogP contribution in [0.4, 0.5) is 4.39 Å². The molecule has 0 saturated carbocycles. The number of phenols is 1. The number of halogens is 2. The maximum atomic E-state index is 15.0. The zero-order valence-corrected chi connectivity index (χ0v) is 22.1. The predicted molar refractivity (Wildman–Crippen MR) is 143 cm³/mol. The third kappa shape index (κ3) is 4.24. The number of nitrogens with zero attached hydrogens (tertiary/aromatic N) is 4. The topological polar surface area (TPSA) is 95.3 Å². The standard InChI is InChI=1S/C28H28ClFN4O4/c1-5-20(36)33-9-10-34-16(12-33)13-38-27-22(28(34)37)25(17-11-15(4)31-24(17)14(2)3)32-26(23(27)29)21-18(30)7-6-8-19(21)35/h5-8,11,14-16,35H,1,9-10,12-13H2,2-4H3/t15?,16-/m1/s1. The lowest BCUT2D eigenvalue weighted by atomic mass is 9.93. The fraction of sp³-hybridized carbons (Fsp3) is 0.357. The number of piperazine rings is 1. The summed E-state index contributed by atoms with van der Waals surface area (Å²) >= 11 is 6.78. The number of pyridine rings is 1. The number of carbonyl (C=O) groups is 2. The minimum Gasteiger partial charge on any atom is -0.507 e. The van der Waals surface area contributed by atoms with Crippen molar-refractivity contribution in [3.63, 3.8) is 0 Å². The van der Waals surface area contributed by atoms with Crippen LogP contribution in [0.1, 0.15) is 36.8 Å². The zero-order chi connectivity index (χ0) is 27.3. The van der Waals surface area contributed by atoms with E-state index in [0.717, 1.165) is 5.71 Å². The first-order valence-electron chi connectivity index (χ1n) is 12.5. The Morgan fingerprint density at radius 3 is 2.74 bits per heavy atom. The molecule has 8 nitrogen and oxygen atoms in total. The summed E-state index contributed by atoms with van der Waals surface area (Å²) in [7, 11) is 0. The molecule has 1 N–H and O–H groups in total. The third-order valence-corrected chi connectivity index (χ3v) is 7.37. The first-order valence-corrected chi connectivity index (χ1v) is 12.9. The molecule has 1 unspecified atom stereocenters. The molecule has 5 rings (SSSR count). The minimum atomic E-state index is -0.715. The molecule has 3 aliphatic heterocycles. The number of aromatic hydroxyl groups is 1. The molecule has 2 amide bonds. The van der Waals surface area contributed by atoms with Crippen molar-refractivity contribution in [3.05, 3.63) is 59.0 Å². The van der Waals surface area contributed by atoms with E-state index in [1.54, 1.807) is 9.80 Å². The summed E-state index contributed by atoms with van der Waals surface area (Å²) in [6, 6.07) is 3.34. The fourth-order valence-corrected chi connectivity index (χ4v) is 5.50. The second kappa shape index (κ2) is 9.87. The lowest BCUT2D eigenvalue weighted by Crippen LogP contribution is -2.57. The van der Waals surface area contributed by atoms with Crippen molar-refractivity contribution in [3.8, 4) is 22.8 Å². The molecule has 2 atom stereocenters. The van der Waals surface area contributed by atoms with E-state index in [4.69, 9.17) is 26.3 Å². The van der Waals surface area contributed by atoms with Crippen LogP contribution in [-0.2, 0) is 4.79 Å². The van der Waals surface area contributed by atoms with Crippen LogP contribution in [0, 0.1) is 11.7 Å². The normalized spacial score (nSPS) is 20.8. The second-order valence-electron chi connectivity index (χ2n) is 9.90. The van der Waals surface area contributed by atoms with E-state index in [2.05, 4.69) is 6.58 Å². The summed E-state index contributed by atoms with van der Waals surface area (Å²) in [5.74, 6) is -1.53. The molecule has 0 radical (unpaired) electrons. The Morgan fingerprint density at radius 1 is 1.29 bits per heavy atom. The fourth-order valence-electron chi connectivity index (χ4n) is 5.21. The number of fused-ring (bicyclic) bond motifs is 2. The van der Waals surface area contributed by atoms with Crippen molar-refractivity contribution in [2.45, 2.75) is 32.9 Å². The third-order valence-electron chi connectivity index (χ3n) is 7.02. The molecular formula is C28H28ClFN4O4. The smallest absolute Gasteiger partial charge is 0.260 e. The number of benzene rings is 1. The van der Waals surface area contributed by atoms with Gasteiger partial charge in [0.15, 0.2) is 5.75 Å². The van der Waals surface area contributed by atoms with Gasteiger partial charge >= 0.3 is 0 Å². The van der Waals surface area contributed by atoms with Crippen LogP contribution in [0.25, 0.3) is 16.8 Å². The van der Waals surface area contributed by atoms with Gasteiger partial charge in [-0.3, -0.25) is 14.6 Å². The molecule has 3 aliphatic rings. The van der Waals surface area contributed by atoms with Gasteiger partial charge < -0.3 is 19.6 Å². The Labute approximate surface area is 225 Å². The van der Waals surface area contributed by atoms with Crippen molar-refractivity contribution in [2.75, 3.05) is 26.2 Å². The van der Waals surface area contributed by atoms with Gasteiger partial charge in [-0.05, 0) is 37.1 Å². The summed E-state index contributed by atoms with van der Waals surface area (Å²) < 4.78 is 21.2. The molecule has 1 fully saturated rings. The Hall–Kier alpha value is -3.72. The summed E-state index contributed by atoms with van der Waals surface area (Å²) in [6.07, 6.45) is 3.16. The van der Waals surface area contributed by atoms with Crippen LogP contribution in [0.5, 0.6) is 11.5 Å². The van der Waals surface area contributed by atoms with E-state index < -0.39 is 11.9 Å². The predicted octanol–water partition coefficient (Wildman–Crippen LogP) is 4.36. The van der Waals surface area contributed by atoms with Crippen molar-refractivity contribution in [2.24, 2.45) is 10.9 Å². The number of phenolic OH excluding ortho intramolecular Hbond substituents is 1. The number of hydrogen-bond acceptors (Lipinski definition) is 6. The molecule has 0 spiro atoms. The molecule has 0 aliphatic carbocycles. The highest BCUT2D eigenvalue weighted by atomic mass is 35.5. The van der Waals surface area contributed by atoms with E-state index in [1.165, 1.54) is 24.3 Å². The van der Waals surface area contributed by atoms with Crippen LogP contribution in [-0.4, -0.2) is 75.7 Å². The van der Waals surface area contributed by atoms with Crippen molar-refractivity contribution >= 4 is 34.7 Å². The van der Waals surface area contributed by atoms with Gasteiger partial charge in [0.25, 0.3) is 5.91 Å². The monoisotopic (exact) mass is 538 g/mol. The number of hydrogen-bond donors (Lipinski definition) is 1. The molecular weight excluding hydrogens is 511 g/mol. The van der Waals surface area contributed by atoms with Gasteiger partial charge in [0.1, 0.15) is 34.5 Å². The van der Waals surface area contributed by atoms with E-state index in [1.807, 2.05) is 26.8 Å². The Morgan fingerprint density at radius 2 is 2.05 bits per heavy atom. The Kier molecular flexibility index (Phi) is 6.73. The molecule has 1 aromatic carbocycles. The molecule has 4 heterocycles. The molecule has 38 heavy (non-hydrogen) atoms. The van der Waals surface area contributed by atoms with Crippen LogP contribution >= 0.6 is 11.6 Å². The SMILES string of the molecule is C=CC(=O)N1CCN2C(=O)c3c(C4=CC(C)N=C4C(C)C)nc(-c4c(O)cccc4F)c(Cl)c3OC[C@H]2C1. The first kappa shape index (κ1) is 25.9. The van der Waals surface area contributed by atoms with Crippen LogP contribution in [0.3, 0.4) is 0 Å². The molecule has 2 aromatic rings. The molecule has 10 heteroatoms. The van der Waals surface area contributed by atoms with Gasteiger partial charge in [-0.15, -0.1) is 0 Å². The summed E-state index contributed by atoms with van der Waals surface area (Å²) in [4.78, 5) is 39.1. The van der Waals surface area contributed by atoms with Gasteiger partial charge in [-0.2, -0.15) is 0 Å². The van der Waals surface area contributed by atoms with Gasteiger partial charge in [-0.1, -0.05) is 38.1 Å². The second-order valence-corrected chi connectivity index (χ2v) is 10.3. The molecule has 1 saturated heterocycles. The van der Waals surface area contributed by atoms with Gasteiger partial charge in [-0.25, -0.2) is 9.37 Å². The Balaban J connectivity index is 1.73. The summed E-state index contributed by atoms with van der Waals surface area (Å²) in [5.41, 5.74) is 1.62. The molecule has 1 aromatic heterocycles. The van der Waals surface area contributed by atoms with Crippen LogP contribution in [0.15, 0.2) is 41.9 Å². The average Bonchev–Trinajstić information content (AvgIpc) is 3.22. The van der Waals surface area contributed by atoms with E-state index in [-0.39, 0.29) is 76.0 Å². The van der Waals surface area contributed by atoms with Crippen molar-refractivity contribution in [1.29, 1.82) is 0 Å². The molecule has 0 bridgehead atoms. The Bertz CT molecular complexity index is 1400. The van der Waals surface area contributed by atoms with E-state index in [9.17, 15) is 14.7 Å². The zero-order valence-electron chi connectivity index (χ0n) is 21.4. The lowest BCUT2D eigenvalue weighted by Gasteiger charge is -2.39. The highest BCUT2D eigenvalue weighted by molar-refractivity contribution is 6.36. The van der Waals surface area contributed by atoms with Crippen LogP contribution in [0.2, 0.25) is 5.02 Å². The highest BCUT2D eigenvalue weighted by Gasteiger charge is 2.41. The van der Waals surface area contributed by atoms with Crippen molar-refractivity contribution in [1.82, 2.24) is 14.8 Å².